The van der Waals surface area contributed by atoms with Crippen molar-refractivity contribution in [3.05, 3.63) is 29.8 Å². The minimum atomic E-state index is 0.382. The van der Waals surface area contributed by atoms with Gasteiger partial charge in [0.05, 0.1) is 6.10 Å². The zero-order valence-electron chi connectivity index (χ0n) is 14.2. The molecule has 0 aromatic heterocycles. The highest BCUT2D eigenvalue weighted by Crippen LogP contribution is 2.27. The van der Waals surface area contributed by atoms with Gasteiger partial charge in [-0.1, -0.05) is 32.0 Å². The second-order valence-corrected chi connectivity index (χ2v) is 6.38. The van der Waals surface area contributed by atoms with Crippen molar-refractivity contribution >= 4 is 5.96 Å². The Balaban J connectivity index is 1.92. The van der Waals surface area contributed by atoms with Gasteiger partial charge in [0, 0.05) is 25.2 Å². The van der Waals surface area contributed by atoms with Gasteiger partial charge in [-0.15, -0.1) is 0 Å². The zero-order chi connectivity index (χ0) is 15.9. The molecule has 1 unspecified atom stereocenters. The molecule has 2 N–H and O–H groups in total. The standard InChI is InChI=1S/C18H29N3O/c1-13(2)14(3)21-18(19-4)20-12-15-8-5-6-11-17(15)22-16-9-7-10-16/h5-6,8,11,13-14,16H,7,9-10,12H2,1-4H3,(H2,19,20,21). The number of benzene rings is 1. The number of hydrogen-bond acceptors (Lipinski definition) is 2. The van der Waals surface area contributed by atoms with E-state index in [-0.39, 0.29) is 0 Å². The minimum Gasteiger partial charge on any atom is -0.490 e. The quantitative estimate of drug-likeness (QED) is 0.626. The molecule has 1 atom stereocenters. The van der Waals surface area contributed by atoms with E-state index in [0.29, 0.717) is 24.6 Å². The molecule has 1 fully saturated rings. The molecule has 0 radical (unpaired) electrons. The summed E-state index contributed by atoms with van der Waals surface area (Å²) < 4.78 is 6.07. The topological polar surface area (TPSA) is 45.7 Å². The Morgan fingerprint density at radius 2 is 2.00 bits per heavy atom. The Morgan fingerprint density at radius 1 is 1.27 bits per heavy atom. The van der Waals surface area contributed by atoms with Gasteiger partial charge in [-0.3, -0.25) is 4.99 Å². The number of nitrogens with one attached hydrogen (secondary N) is 2. The van der Waals surface area contributed by atoms with Crippen molar-refractivity contribution in [1.29, 1.82) is 0 Å². The molecule has 0 bridgehead atoms. The lowest BCUT2D eigenvalue weighted by Crippen LogP contribution is -2.43. The van der Waals surface area contributed by atoms with E-state index in [2.05, 4.69) is 54.6 Å². The summed E-state index contributed by atoms with van der Waals surface area (Å²) in [4.78, 5) is 4.30. The third-order valence-electron chi connectivity index (χ3n) is 4.35. The number of nitrogens with zero attached hydrogens (tertiary/aromatic N) is 1. The number of para-hydroxylation sites is 1. The third kappa shape index (κ3) is 4.65. The Labute approximate surface area is 134 Å². The van der Waals surface area contributed by atoms with E-state index in [1.807, 2.05) is 6.07 Å². The maximum atomic E-state index is 6.07. The highest BCUT2D eigenvalue weighted by Gasteiger charge is 2.20. The van der Waals surface area contributed by atoms with E-state index < -0.39 is 0 Å². The van der Waals surface area contributed by atoms with Crippen LogP contribution in [0.1, 0.15) is 45.6 Å². The van der Waals surface area contributed by atoms with Crippen molar-refractivity contribution in [2.45, 2.75) is 58.7 Å². The van der Waals surface area contributed by atoms with E-state index in [4.69, 9.17) is 4.74 Å². The zero-order valence-corrected chi connectivity index (χ0v) is 14.2. The molecule has 1 aromatic carbocycles. The molecule has 1 aromatic rings. The van der Waals surface area contributed by atoms with Gasteiger partial charge in [-0.2, -0.15) is 0 Å². The molecule has 4 nitrogen and oxygen atoms in total. The van der Waals surface area contributed by atoms with Crippen LogP contribution >= 0.6 is 0 Å². The first kappa shape index (κ1) is 16.7. The van der Waals surface area contributed by atoms with Crippen LogP contribution in [-0.4, -0.2) is 25.2 Å². The van der Waals surface area contributed by atoms with Crippen molar-refractivity contribution in [2.24, 2.45) is 10.9 Å². The second kappa shape index (κ2) is 8.06. The fraction of sp³-hybridized carbons (Fsp3) is 0.611. The number of hydrogen-bond donors (Lipinski definition) is 2. The van der Waals surface area contributed by atoms with Crippen LogP contribution in [0.5, 0.6) is 5.75 Å². The van der Waals surface area contributed by atoms with Crippen molar-refractivity contribution in [3.8, 4) is 5.75 Å². The van der Waals surface area contributed by atoms with E-state index in [9.17, 15) is 0 Å². The molecular weight excluding hydrogens is 274 g/mol. The third-order valence-corrected chi connectivity index (χ3v) is 4.35. The van der Waals surface area contributed by atoms with Crippen LogP contribution in [-0.2, 0) is 6.54 Å². The molecule has 4 heteroatoms. The molecule has 0 spiro atoms. The Bertz CT molecular complexity index is 495. The van der Waals surface area contributed by atoms with Gasteiger partial charge in [0.15, 0.2) is 5.96 Å². The van der Waals surface area contributed by atoms with Crippen LogP contribution < -0.4 is 15.4 Å². The van der Waals surface area contributed by atoms with E-state index in [0.717, 1.165) is 11.7 Å². The van der Waals surface area contributed by atoms with Gasteiger partial charge >= 0.3 is 0 Å². The lowest BCUT2D eigenvalue weighted by atomic mass is 9.96. The van der Waals surface area contributed by atoms with Gasteiger partial charge in [0.2, 0.25) is 0 Å². The monoisotopic (exact) mass is 303 g/mol. The van der Waals surface area contributed by atoms with Gasteiger partial charge in [0.1, 0.15) is 5.75 Å². The van der Waals surface area contributed by atoms with Crippen molar-refractivity contribution in [3.63, 3.8) is 0 Å². The second-order valence-electron chi connectivity index (χ2n) is 6.38. The first-order valence-electron chi connectivity index (χ1n) is 8.32. The molecule has 0 aliphatic heterocycles. The highest BCUT2D eigenvalue weighted by molar-refractivity contribution is 5.80. The van der Waals surface area contributed by atoms with Crippen LogP contribution in [0.3, 0.4) is 0 Å². The van der Waals surface area contributed by atoms with E-state index in [1.165, 1.54) is 24.8 Å². The summed E-state index contributed by atoms with van der Waals surface area (Å²) >= 11 is 0. The summed E-state index contributed by atoms with van der Waals surface area (Å²) in [5, 5.41) is 6.80. The Hall–Kier alpha value is -1.71. The van der Waals surface area contributed by atoms with Gasteiger partial charge in [0.25, 0.3) is 0 Å². The lowest BCUT2D eigenvalue weighted by Gasteiger charge is -2.27. The molecular formula is C18H29N3O. The summed E-state index contributed by atoms with van der Waals surface area (Å²) in [5.41, 5.74) is 1.18. The average Bonchev–Trinajstić information content (AvgIpc) is 2.47. The fourth-order valence-corrected chi connectivity index (χ4v) is 2.19. The average molecular weight is 303 g/mol. The molecule has 0 amide bonds. The minimum absolute atomic E-state index is 0.382. The van der Waals surface area contributed by atoms with Crippen molar-refractivity contribution in [1.82, 2.24) is 10.6 Å². The summed E-state index contributed by atoms with van der Waals surface area (Å²) in [6.07, 6.45) is 4.04. The van der Waals surface area contributed by atoms with E-state index >= 15 is 0 Å². The molecule has 1 saturated carbocycles. The van der Waals surface area contributed by atoms with Crippen molar-refractivity contribution in [2.75, 3.05) is 7.05 Å². The normalized spacial score (nSPS) is 17.0. The molecule has 22 heavy (non-hydrogen) atoms. The van der Waals surface area contributed by atoms with Gasteiger partial charge < -0.3 is 15.4 Å². The van der Waals surface area contributed by atoms with Crippen LogP contribution in [0.25, 0.3) is 0 Å². The SMILES string of the molecule is CN=C(NCc1ccccc1OC1CCC1)NC(C)C(C)C. The van der Waals surface area contributed by atoms with E-state index in [1.54, 1.807) is 7.05 Å². The lowest BCUT2D eigenvalue weighted by molar-refractivity contribution is 0.119. The molecule has 1 aliphatic rings. The number of aliphatic imine (C=N–C) groups is 1. The van der Waals surface area contributed by atoms with Crippen LogP contribution in [0.4, 0.5) is 0 Å². The molecule has 2 rings (SSSR count). The van der Waals surface area contributed by atoms with Gasteiger partial charge in [-0.05, 0) is 38.2 Å². The summed E-state index contributed by atoms with van der Waals surface area (Å²) in [6, 6.07) is 8.64. The molecule has 1 aliphatic carbocycles. The number of guanidine groups is 1. The number of rotatable bonds is 6. The molecule has 0 saturated heterocycles. The molecule has 122 valence electrons. The van der Waals surface area contributed by atoms with Crippen molar-refractivity contribution < 1.29 is 4.74 Å². The first-order valence-corrected chi connectivity index (χ1v) is 8.32. The van der Waals surface area contributed by atoms with Crippen LogP contribution in [0.2, 0.25) is 0 Å². The van der Waals surface area contributed by atoms with Crippen LogP contribution in [0, 0.1) is 5.92 Å². The van der Waals surface area contributed by atoms with Crippen LogP contribution in [0.15, 0.2) is 29.3 Å². The maximum Gasteiger partial charge on any atom is 0.191 e. The predicted molar refractivity (Wildman–Crippen MR) is 92.3 cm³/mol. The highest BCUT2D eigenvalue weighted by atomic mass is 16.5. The summed E-state index contributed by atoms with van der Waals surface area (Å²) in [5.74, 6) is 2.39. The summed E-state index contributed by atoms with van der Waals surface area (Å²) in [7, 11) is 1.80. The Morgan fingerprint density at radius 3 is 2.59 bits per heavy atom. The number of ether oxygens (including phenoxy) is 1. The largest absolute Gasteiger partial charge is 0.490 e. The first-order chi connectivity index (χ1) is 10.6. The van der Waals surface area contributed by atoms with Gasteiger partial charge in [-0.25, -0.2) is 0 Å². The fourth-order valence-electron chi connectivity index (χ4n) is 2.19. The smallest absolute Gasteiger partial charge is 0.191 e. The Kier molecular flexibility index (Phi) is 6.10. The predicted octanol–water partition coefficient (Wildman–Crippen LogP) is 3.33. The maximum absolute atomic E-state index is 6.07. The summed E-state index contributed by atoms with van der Waals surface area (Å²) in [6.45, 7) is 7.29. The molecule has 0 heterocycles.